The van der Waals surface area contributed by atoms with Crippen molar-refractivity contribution in [3.05, 3.63) is 59.2 Å². The van der Waals surface area contributed by atoms with Gasteiger partial charge >= 0.3 is 6.61 Å². The van der Waals surface area contributed by atoms with Crippen molar-refractivity contribution in [3.8, 4) is 17.0 Å². The Balaban J connectivity index is 1.67. The number of sulfonamides is 1. The Morgan fingerprint density at radius 1 is 1.16 bits per heavy atom. The molecule has 0 bridgehead atoms. The standard InChI is InChI=1S/C20H18F3N3O4S2/c1-12-18(13-3-7-15(8-4-13)30-19(22)23)25-20(31-12)24-17(27)11-26(2)32(28,29)16-9-5-14(21)6-10-16/h3-10,19H,11H2,1-2H3,(H,24,25,27). The average molecular weight is 486 g/mol. The number of aryl methyl sites for hydroxylation is 1. The Labute approximate surface area is 186 Å². The average Bonchev–Trinajstić information content (AvgIpc) is 3.08. The molecule has 32 heavy (non-hydrogen) atoms. The number of carbonyl (C=O) groups excluding carboxylic acids is 1. The van der Waals surface area contributed by atoms with Crippen LogP contribution in [0.4, 0.5) is 18.3 Å². The van der Waals surface area contributed by atoms with Crippen LogP contribution in [-0.4, -0.2) is 43.8 Å². The molecule has 0 saturated heterocycles. The summed E-state index contributed by atoms with van der Waals surface area (Å²) in [6, 6.07) is 10.2. The lowest BCUT2D eigenvalue weighted by Crippen LogP contribution is -2.34. The number of ether oxygens (including phenoxy) is 1. The predicted molar refractivity (Wildman–Crippen MR) is 114 cm³/mol. The number of aromatic nitrogens is 1. The van der Waals surface area contributed by atoms with Crippen LogP contribution in [0.25, 0.3) is 11.3 Å². The normalized spacial score (nSPS) is 11.7. The first kappa shape index (κ1) is 23.7. The van der Waals surface area contributed by atoms with Gasteiger partial charge in [-0.1, -0.05) is 0 Å². The number of nitrogens with zero attached hydrogens (tertiary/aromatic N) is 2. The number of benzene rings is 2. The van der Waals surface area contributed by atoms with E-state index in [1.165, 1.54) is 30.5 Å². The van der Waals surface area contributed by atoms with Gasteiger partial charge in [-0.15, -0.1) is 11.3 Å². The number of rotatable bonds is 8. The van der Waals surface area contributed by atoms with Crippen LogP contribution in [-0.2, 0) is 14.8 Å². The number of hydrogen-bond acceptors (Lipinski definition) is 6. The molecule has 12 heteroatoms. The van der Waals surface area contributed by atoms with Crippen LogP contribution in [0.15, 0.2) is 53.4 Å². The Bertz CT molecular complexity index is 1200. The topological polar surface area (TPSA) is 88.6 Å². The van der Waals surface area contributed by atoms with Crippen LogP contribution in [0.5, 0.6) is 5.75 Å². The molecule has 3 aromatic rings. The van der Waals surface area contributed by atoms with E-state index < -0.39 is 34.9 Å². The minimum absolute atomic E-state index is 0.00978. The number of carbonyl (C=O) groups is 1. The summed E-state index contributed by atoms with van der Waals surface area (Å²) in [5, 5.41) is 2.81. The van der Waals surface area contributed by atoms with Crippen molar-refractivity contribution in [3.63, 3.8) is 0 Å². The van der Waals surface area contributed by atoms with E-state index in [0.717, 1.165) is 33.4 Å². The molecule has 7 nitrogen and oxygen atoms in total. The van der Waals surface area contributed by atoms with Gasteiger partial charge in [-0.3, -0.25) is 4.79 Å². The molecule has 0 aliphatic carbocycles. The Morgan fingerprint density at radius 3 is 2.38 bits per heavy atom. The molecule has 2 aromatic carbocycles. The van der Waals surface area contributed by atoms with E-state index in [9.17, 15) is 26.4 Å². The molecule has 0 spiro atoms. The lowest BCUT2D eigenvalue weighted by molar-refractivity contribution is -0.116. The van der Waals surface area contributed by atoms with E-state index in [2.05, 4.69) is 15.0 Å². The fourth-order valence-corrected chi connectivity index (χ4v) is 4.72. The summed E-state index contributed by atoms with van der Waals surface area (Å²) in [6.45, 7) is -1.63. The molecule has 1 N–H and O–H groups in total. The van der Waals surface area contributed by atoms with E-state index >= 15 is 0 Å². The fraction of sp³-hybridized carbons (Fsp3) is 0.200. The Morgan fingerprint density at radius 2 is 1.78 bits per heavy atom. The van der Waals surface area contributed by atoms with E-state index in [4.69, 9.17) is 0 Å². The zero-order valence-corrected chi connectivity index (χ0v) is 18.5. The third-order valence-corrected chi connectivity index (χ3v) is 6.99. The minimum atomic E-state index is -3.98. The van der Waals surface area contributed by atoms with Crippen molar-refractivity contribution in [1.82, 2.24) is 9.29 Å². The first-order chi connectivity index (χ1) is 15.1. The summed E-state index contributed by atoms with van der Waals surface area (Å²) >= 11 is 1.18. The van der Waals surface area contributed by atoms with Crippen molar-refractivity contribution in [2.24, 2.45) is 0 Å². The third-order valence-electron chi connectivity index (χ3n) is 4.28. The quantitative estimate of drug-likeness (QED) is 0.519. The van der Waals surface area contributed by atoms with E-state index in [1.54, 1.807) is 19.1 Å². The minimum Gasteiger partial charge on any atom is -0.435 e. The van der Waals surface area contributed by atoms with Gasteiger partial charge < -0.3 is 10.1 Å². The number of hydrogen-bond donors (Lipinski definition) is 1. The second kappa shape index (κ2) is 9.67. The highest BCUT2D eigenvalue weighted by Crippen LogP contribution is 2.31. The molecule has 0 unspecified atom stereocenters. The molecular weight excluding hydrogens is 467 g/mol. The summed E-state index contributed by atoms with van der Waals surface area (Å²) in [4.78, 5) is 17.3. The third kappa shape index (κ3) is 5.64. The maximum Gasteiger partial charge on any atom is 0.387 e. The number of halogens is 3. The Hall–Kier alpha value is -2.96. The molecule has 1 amide bonds. The molecule has 3 rings (SSSR count). The molecule has 0 fully saturated rings. The second-order valence-electron chi connectivity index (χ2n) is 6.59. The summed E-state index contributed by atoms with van der Waals surface area (Å²) < 4.78 is 67.8. The number of alkyl halides is 2. The summed E-state index contributed by atoms with van der Waals surface area (Å²) in [7, 11) is -2.74. The predicted octanol–water partition coefficient (Wildman–Crippen LogP) is 4.12. The summed E-state index contributed by atoms with van der Waals surface area (Å²) in [6.07, 6.45) is 0. The van der Waals surface area contributed by atoms with Crippen molar-refractivity contribution >= 4 is 32.4 Å². The number of anilines is 1. The van der Waals surface area contributed by atoms with Gasteiger partial charge in [0.2, 0.25) is 15.9 Å². The highest BCUT2D eigenvalue weighted by atomic mass is 32.2. The summed E-state index contributed by atoms with van der Waals surface area (Å²) in [5.74, 6) is -1.18. The van der Waals surface area contributed by atoms with Gasteiger partial charge in [0.1, 0.15) is 11.6 Å². The zero-order chi connectivity index (χ0) is 23.5. The molecule has 1 aromatic heterocycles. The number of thiazole rings is 1. The van der Waals surface area contributed by atoms with Gasteiger partial charge in [-0.25, -0.2) is 17.8 Å². The number of amides is 1. The van der Waals surface area contributed by atoms with Crippen molar-refractivity contribution in [2.75, 3.05) is 18.9 Å². The van der Waals surface area contributed by atoms with Crippen molar-refractivity contribution < 1.29 is 31.1 Å². The molecular formula is C20H18F3N3O4S2. The Kier molecular flexibility index (Phi) is 7.16. The van der Waals surface area contributed by atoms with Crippen molar-refractivity contribution in [1.29, 1.82) is 0 Å². The highest BCUT2D eigenvalue weighted by molar-refractivity contribution is 7.89. The first-order valence-electron chi connectivity index (χ1n) is 9.10. The lowest BCUT2D eigenvalue weighted by atomic mass is 10.1. The molecule has 0 atom stereocenters. The van der Waals surface area contributed by atoms with Crippen LogP contribution in [0.1, 0.15) is 4.88 Å². The van der Waals surface area contributed by atoms with E-state index in [0.29, 0.717) is 11.3 Å². The highest BCUT2D eigenvalue weighted by Gasteiger charge is 2.23. The molecule has 1 heterocycles. The van der Waals surface area contributed by atoms with Gasteiger partial charge in [-0.05, 0) is 55.5 Å². The monoisotopic (exact) mass is 485 g/mol. The van der Waals surface area contributed by atoms with Gasteiger partial charge in [0.05, 0.1) is 17.1 Å². The SMILES string of the molecule is Cc1sc(NC(=O)CN(C)S(=O)(=O)c2ccc(F)cc2)nc1-c1ccc(OC(F)F)cc1. The summed E-state index contributed by atoms with van der Waals surface area (Å²) in [5.41, 5.74) is 1.18. The maximum atomic E-state index is 13.0. The van der Waals surface area contributed by atoms with Gasteiger partial charge in [-0.2, -0.15) is 13.1 Å². The van der Waals surface area contributed by atoms with E-state index in [-0.39, 0.29) is 15.8 Å². The van der Waals surface area contributed by atoms with Crippen LogP contribution in [0.3, 0.4) is 0 Å². The van der Waals surface area contributed by atoms with Crippen LogP contribution < -0.4 is 10.1 Å². The number of likely N-dealkylation sites (N-methyl/N-ethyl adjacent to an activating group) is 1. The first-order valence-corrected chi connectivity index (χ1v) is 11.4. The lowest BCUT2D eigenvalue weighted by Gasteiger charge is -2.16. The van der Waals surface area contributed by atoms with Gasteiger partial charge in [0.25, 0.3) is 0 Å². The maximum absolute atomic E-state index is 13.0. The molecule has 0 saturated carbocycles. The van der Waals surface area contributed by atoms with Crippen LogP contribution >= 0.6 is 11.3 Å². The van der Waals surface area contributed by atoms with E-state index in [1.807, 2.05) is 0 Å². The smallest absolute Gasteiger partial charge is 0.387 e. The van der Waals surface area contributed by atoms with Gasteiger partial charge in [0, 0.05) is 17.5 Å². The fourth-order valence-electron chi connectivity index (χ4n) is 2.74. The van der Waals surface area contributed by atoms with Crippen LogP contribution in [0, 0.1) is 12.7 Å². The molecule has 170 valence electrons. The largest absolute Gasteiger partial charge is 0.435 e. The second-order valence-corrected chi connectivity index (χ2v) is 9.84. The van der Waals surface area contributed by atoms with Crippen molar-refractivity contribution in [2.45, 2.75) is 18.4 Å². The molecule has 0 aliphatic rings. The van der Waals surface area contributed by atoms with Crippen LogP contribution in [0.2, 0.25) is 0 Å². The molecule has 0 radical (unpaired) electrons. The molecule has 0 aliphatic heterocycles. The number of nitrogens with one attached hydrogen (secondary N) is 1. The zero-order valence-electron chi connectivity index (χ0n) is 16.9. The van der Waals surface area contributed by atoms with Gasteiger partial charge in [0.15, 0.2) is 5.13 Å².